The second-order valence-corrected chi connectivity index (χ2v) is 12.8. The van der Waals surface area contributed by atoms with Crippen LogP contribution in [0.25, 0.3) is 37.9 Å². The number of anilines is 2. The largest absolute Gasteiger partial charge is 0.478 e. The first-order valence-electron chi connectivity index (χ1n) is 13.4. The van der Waals surface area contributed by atoms with Crippen LogP contribution < -0.4 is 10.9 Å². The Bertz CT molecular complexity index is 2650. The Hall–Kier alpha value is -6.21. The van der Waals surface area contributed by atoms with Crippen LogP contribution in [0.15, 0.2) is 82.5 Å². The summed E-state index contributed by atoms with van der Waals surface area (Å²) in [4.78, 5) is 56.0. The van der Waals surface area contributed by atoms with Crippen molar-refractivity contribution in [2.75, 3.05) is 5.32 Å². The number of nitrogens with zero attached hydrogens (tertiary/aromatic N) is 3. The molecule has 2 aromatic heterocycles. The van der Waals surface area contributed by atoms with Crippen molar-refractivity contribution in [3.8, 4) is 22.9 Å². The van der Waals surface area contributed by atoms with E-state index in [1.54, 1.807) is 24.3 Å². The van der Waals surface area contributed by atoms with Gasteiger partial charge in [-0.05, 0) is 54.1 Å². The Morgan fingerprint density at radius 3 is 2.30 bits per heavy atom. The Labute approximate surface area is 267 Å². The smallest absolute Gasteiger partial charge is 0.336 e. The van der Waals surface area contributed by atoms with Crippen molar-refractivity contribution >= 4 is 71.1 Å². The van der Waals surface area contributed by atoms with Crippen molar-refractivity contribution in [1.82, 2.24) is 9.55 Å². The third-order valence-electron chi connectivity index (χ3n) is 7.74. The van der Waals surface area contributed by atoms with Gasteiger partial charge in [-0.2, -0.15) is 13.7 Å². The van der Waals surface area contributed by atoms with Crippen LogP contribution in [0.3, 0.4) is 0 Å². The van der Waals surface area contributed by atoms with Crippen molar-refractivity contribution in [1.29, 1.82) is 5.26 Å². The van der Waals surface area contributed by atoms with Crippen LogP contribution in [0.1, 0.15) is 42.2 Å². The Morgan fingerprint density at radius 2 is 1.62 bits per heavy atom. The summed E-state index contributed by atoms with van der Waals surface area (Å²) in [6.45, 7) is 0. The molecule has 47 heavy (non-hydrogen) atoms. The van der Waals surface area contributed by atoms with E-state index in [2.05, 4.69) is 10.3 Å². The molecule has 2 heterocycles. The maximum atomic E-state index is 14.2. The number of carbonyl (C=O) groups is 3. The van der Waals surface area contributed by atoms with Crippen molar-refractivity contribution in [2.45, 2.75) is 4.90 Å². The molecule has 0 unspecified atom stereocenters. The summed E-state index contributed by atoms with van der Waals surface area (Å²) in [5.41, 5.74) is -0.619. The summed E-state index contributed by atoms with van der Waals surface area (Å²) >= 11 is 1.05. The molecule has 6 aromatic rings. The molecule has 0 aliphatic heterocycles. The quantitative estimate of drug-likeness (QED) is 0.171. The van der Waals surface area contributed by atoms with Crippen LogP contribution in [0, 0.1) is 11.3 Å². The molecular formula is C32H16N4O9S2. The summed E-state index contributed by atoms with van der Waals surface area (Å²) in [6.07, 6.45) is 0. The van der Waals surface area contributed by atoms with E-state index in [0.717, 1.165) is 28.0 Å². The number of hydrogen-bond acceptors (Lipinski definition) is 10. The number of hydrogen-bond donors (Lipinski definition) is 4. The Kier molecular flexibility index (Phi) is 6.54. The molecule has 4 aromatic carbocycles. The molecule has 0 bridgehead atoms. The van der Waals surface area contributed by atoms with Gasteiger partial charge in [0.05, 0.1) is 48.7 Å². The van der Waals surface area contributed by atoms with E-state index in [9.17, 15) is 47.6 Å². The number of aromatic nitrogens is 2. The van der Waals surface area contributed by atoms with Gasteiger partial charge in [-0.15, -0.1) is 0 Å². The van der Waals surface area contributed by atoms with Crippen molar-refractivity contribution in [3.05, 3.63) is 111 Å². The fourth-order valence-corrected chi connectivity index (χ4v) is 7.26. The summed E-state index contributed by atoms with van der Waals surface area (Å²) < 4.78 is 34.2. The van der Waals surface area contributed by atoms with Gasteiger partial charge in [-0.3, -0.25) is 18.7 Å². The van der Waals surface area contributed by atoms with Crippen molar-refractivity contribution in [3.63, 3.8) is 0 Å². The molecule has 0 saturated heterocycles. The third kappa shape index (κ3) is 4.55. The number of carboxylic acids is 2. The number of aromatic carboxylic acids is 2. The topological polar surface area (TPSA) is 217 Å². The number of nitriles is 1. The summed E-state index contributed by atoms with van der Waals surface area (Å²) in [5.74, 6) is -3.48. The number of benzene rings is 4. The highest BCUT2D eigenvalue weighted by atomic mass is 32.2. The number of rotatable bonds is 6. The van der Waals surface area contributed by atoms with Crippen molar-refractivity contribution < 1.29 is 37.6 Å². The number of fused-ring (bicyclic) bond motifs is 3. The first-order chi connectivity index (χ1) is 22.4. The minimum atomic E-state index is -4.47. The van der Waals surface area contributed by atoms with E-state index < -0.39 is 44.5 Å². The lowest BCUT2D eigenvalue weighted by molar-refractivity contribution is 0.0651. The first kappa shape index (κ1) is 29.5. The molecule has 0 fully saturated rings. The van der Waals surface area contributed by atoms with Crippen LogP contribution in [0.4, 0.5) is 10.8 Å². The standard InChI is InChI=1S/C32H16N4O9S2/c33-13-20-25-16-3-1-2-4-17(16)28(37)26-22(35-32-34-21-8-6-15(47(43,44)45)12-24(21)46-32)9-10-23(27(25)26)36(29(20)38)14-5-7-18(30(39)40)19(11-14)31(41)42/h1-12H,(H,34,35)(H,39,40)(H,41,42)(H,43,44,45). The third-order valence-corrected chi connectivity index (χ3v) is 9.53. The zero-order chi connectivity index (χ0) is 33.4. The zero-order valence-electron chi connectivity index (χ0n) is 23.4. The molecule has 4 N–H and O–H groups in total. The second kappa shape index (κ2) is 10.4. The molecular weight excluding hydrogens is 649 g/mol. The lowest BCUT2D eigenvalue weighted by atomic mass is 9.81. The average Bonchev–Trinajstić information content (AvgIpc) is 3.44. The van der Waals surface area contributed by atoms with Gasteiger partial charge in [-0.25, -0.2) is 14.6 Å². The van der Waals surface area contributed by atoms with Crippen LogP contribution >= 0.6 is 11.3 Å². The zero-order valence-corrected chi connectivity index (χ0v) is 25.0. The molecule has 1 aliphatic carbocycles. The van der Waals surface area contributed by atoms with E-state index in [1.165, 1.54) is 36.4 Å². The van der Waals surface area contributed by atoms with Gasteiger partial charge in [0.15, 0.2) is 10.9 Å². The van der Waals surface area contributed by atoms with Gasteiger partial charge in [0.25, 0.3) is 15.7 Å². The Balaban J connectivity index is 1.53. The number of carboxylic acid groups (broad SMARTS) is 2. The van der Waals surface area contributed by atoms with Gasteiger partial charge < -0.3 is 15.5 Å². The summed E-state index contributed by atoms with van der Waals surface area (Å²) in [5, 5.41) is 33.1. The number of ketones is 1. The maximum Gasteiger partial charge on any atom is 0.336 e. The number of carbonyl (C=O) groups excluding carboxylic acids is 1. The summed E-state index contributed by atoms with van der Waals surface area (Å²) in [7, 11) is -4.47. The lowest BCUT2D eigenvalue weighted by Gasteiger charge is -2.25. The predicted molar refractivity (Wildman–Crippen MR) is 170 cm³/mol. The van der Waals surface area contributed by atoms with E-state index in [1.807, 2.05) is 6.07 Å². The molecule has 0 atom stereocenters. The van der Waals surface area contributed by atoms with Crippen LogP contribution in [-0.2, 0) is 10.1 Å². The highest BCUT2D eigenvalue weighted by Crippen LogP contribution is 2.44. The van der Waals surface area contributed by atoms with E-state index in [0.29, 0.717) is 15.8 Å². The van der Waals surface area contributed by atoms with Gasteiger partial charge >= 0.3 is 11.9 Å². The number of nitrogens with one attached hydrogen (secondary N) is 1. The van der Waals surface area contributed by atoms with Crippen LogP contribution in [0.5, 0.6) is 0 Å². The molecule has 230 valence electrons. The molecule has 0 radical (unpaired) electrons. The predicted octanol–water partition coefficient (Wildman–Crippen LogP) is 5.07. The van der Waals surface area contributed by atoms with E-state index >= 15 is 0 Å². The summed E-state index contributed by atoms with van der Waals surface area (Å²) in [6, 6.07) is 18.6. The van der Waals surface area contributed by atoms with Crippen LogP contribution in [0.2, 0.25) is 0 Å². The maximum absolute atomic E-state index is 14.2. The highest BCUT2D eigenvalue weighted by Gasteiger charge is 2.33. The van der Waals surface area contributed by atoms with E-state index in [-0.39, 0.29) is 54.6 Å². The second-order valence-electron chi connectivity index (χ2n) is 10.3. The Morgan fingerprint density at radius 1 is 0.894 bits per heavy atom. The van der Waals surface area contributed by atoms with Gasteiger partial charge in [0.1, 0.15) is 11.6 Å². The lowest BCUT2D eigenvalue weighted by Crippen LogP contribution is -2.26. The molecule has 13 nitrogen and oxygen atoms in total. The first-order valence-corrected chi connectivity index (χ1v) is 15.7. The molecule has 0 amide bonds. The minimum absolute atomic E-state index is 0.0424. The normalized spacial score (nSPS) is 12.1. The van der Waals surface area contributed by atoms with Gasteiger partial charge in [0.2, 0.25) is 0 Å². The molecule has 15 heteroatoms. The highest BCUT2D eigenvalue weighted by molar-refractivity contribution is 7.85. The SMILES string of the molecule is N#Cc1c2c3c(c(Nc4nc5ccc(S(=O)(=O)O)cc5s4)ccc3n(-c3ccc(C(=O)O)c(C(=O)O)c3)c1=O)C(=O)c1ccccc1-2. The van der Waals surface area contributed by atoms with Gasteiger partial charge in [-0.1, -0.05) is 35.6 Å². The van der Waals surface area contributed by atoms with Crippen LogP contribution in [-0.4, -0.2) is 50.5 Å². The van der Waals surface area contributed by atoms with Gasteiger partial charge in [0, 0.05) is 16.5 Å². The molecule has 7 rings (SSSR count). The molecule has 0 spiro atoms. The van der Waals surface area contributed by atoms with E-state index in [4.69, 9.17) is 0 Å². The number of thiazole rings is 1. The minimum Gasteiger partial charge on any atom is -0.478 e. The fourth-order valence-electron chi connectivity index (χ4n) is 5.76. The molecule has 1 aliphatic rings. The van der Waals surface area contributed by atoms with Crippen molar-refractivity contribution in [2.24, 2.45) is 0 Å². The fraction of sp³-hybridized carbons (Fsp3) is 0. The molecule has 0 saturated carbocycles. The number of pyridine rings is 1. The monoisotopic (exact) mass is 664 g/mol. The average molecular weight is 665 g/mol.